The van der Waals surface area contributed by atoms with Gasteiger partial charge in [-0.05, 0) is 19.1 Å². The third-order valence-corrected chi connectivity index (χ3v) is 5.92. The minimum absolute atomic E-state index is 0.0641. The predicted octanol–water partition coefficient (Wildman–Crippen LogP) is 2.19. The lowest BCUT2D eigenvalue weighted by Crippen LogP contribution is -2.52. The number of aryl methyl sites for hydroxylation is 1. The highest BCUT2D eigenvalue weighted by Gasteiger charge is 2.31. The zero-order valence-corrected chi connectivity index (χ0v) is 15.1. The largest absolute Gasteiger partial charge is 0.327 e. The molecule has 0 spiro atoms. The summed E-state index contributed by atoms with van der Waals surface area (Å²) < 4.78 is 1.87. The molecule has 4 rings (SSSR count). The van der Waals surface area contributed by atoms with Crippen LogP contribution in [0, 0.1) is 6.92 Å². The second-order valence-corrected chi connectivity index (χ2v) is 7.44. The summed E-state index contributed by atoms with van der Waals surface area (Å²) in [5.41, 5.74) is 0.688. The molecule has 7 nitrogen and oxygen atoms in total. The van der Waals surface area contributed by atoms with E-state index in [0.29, 0.717) is 28.8 Å². The van der Waals surface area contributed by atoms with Gasteiger partial charge in [0, 0.05) is 37.1 Å². The molecular weight excluding hydrogens is 358 g/mol. The van der Waals surface area contributed by atoms with Crippen LogP contribution in [0.2, 0.25) is 0 Å². The molecule has 0 aliphatic carbocycles. The van der Waals surface area contributed by atoms with Crippen molar-refractivity contribution in [2.45, 2.75) is 6.92 Å². The number of aromatic nitrogens is 3. The summed E-state index contributed by atoms with van der Waals surface area (Å²) in [6.45, 7) is 2.83. The molecule has 1 fully saturated rings. The molecular formula is C16H15N5O2S2. The van der Waals surface area contributed by atoms with Crippen molar-refractivity contribution in [2.75, 3.05) is 24.5 Å². The van der Waals surface area contributed by atoms with E-state index in [-0.39, 0.29) is 18.4 Å². The van der Waals surface area contributed by atoms with Crippen LogP contribution in [0.4, 0.5) is 5.13 Å². The van der Waals surface area contributed by atoms with Crippen molar-refractivity contribution in [3.05, 3.63) is 46.7 Å². The van der Waals surface area contributed by atoms with E-state index in [1.165, 1.54) is 22.7 Å². The average Bonchev–Trinajstić information content (AvgIpc) is 3.35. The lowest BCUT2D eigenvalue weighted by atomic mass is 10.2. The minimum Gasteiger partial charge on any atom is -0.327 e. The SMILES string of the molecule is Cc1nc(-n2cccc2)sc1C(=O)N1CCN(c2nccs2)C(=O)C1. The highest BCUT2D eigenvalue weighted by molar-refractivity contribution is 7.16. The summed E-state index contributed by atoms with van der Waals surface area (Å²) in [5.74, 6) is -0.247. The van der Waals surface area contributed by atoms with Crippen molar-refractivity contribution in [3.8, 4) is 5.13 Å². The lowest BCUT2D eigenvalue weighted by Gasteiger charge is -2.32. The number of carbonyl (C=O) groups is 2. The molecule has 0 atom stereocenters. The first-order valence-electron chi connectivity index (χ1n) is 7.73. The van der Waals surface area contributed by atoms with E-state index in [9.17, 15) is 9.59 Å². The van der Waals surface area contributed by atoms with Crippen molar-refractivity contribution in [1.29, 1.82) is 0 Å². The number of anilines is 1. The van der Waals surface area contributed by atoms with Gasteiger partial charge in [-0.15, -0.1) is 11.3 Å². The maximum atomic E-state index is 12.8. The first kappa shape index (κ1) is 16.0. The summed E-state index contributed by atoms with van der Waals surface area (Å²) in [5, 5.41) is 3.27. The standard InChI is InChI=1S/C16H15N5O2S2/c1-11-13(25-16(18-11)19-5-2-3-6-19)14(23)20-7-8-21(12(22)10-20)15-17-4-9-24-15/h2-6,9H,7-8,10H2,1H3. The van der Waals surface area contributed by atoms with Crippen LogP contribution in [-0.4, -0.2) is 50.9 Å². The van der Waals surface area contributed by atoms with Crippen molar-refractivity contribution in [3.63, 3.8) is 0 Å². The molecule has 0 radical (unpaired) electrons. The van der Waals surface area contributed by atoms with Gasteiger partial charge < -0.3 is 9.47 Å². The van der Waals surface area contributed by atoms with Crippen molar-refractivity contribution in [2.24, 2.45) is 0 Å². The predicted molar refractivity (Wildman–Crippen MR) is 96.5 cm³/mol. The van der Waals surface area contributed by atoms with Crippen LogP contribution in [0.1, 0.15) is 15.4 Å². The van der Waals surface area contributed by atoms with Gasteiger partial charge in [0.2, 0.25) is 5.91 Å². The number of hydrogen-bond donors (Lipinski definition) is 0. The third-order valence-electron chi connectivity index (χ3n) is 3.96. The fraction of sp³-hybridized carbons (Fsp3) is 0.250. The second kappa shape index (κ2) is 6.41. The van der Waals surface area contributed by atoms with E-state index in [1.54, 1.807) is 16.0 Å². The summed E-state index contributed by atoms with van der Waals surface area (Å²) in [4.78, 5) is 37.7. The second-order valence-electron chi connectivity index (χ2n) is 5.59. The Bertz CT molecular complexity index is 901. The molecule has 0 unspecified atom stereocenters. The van der Waals surface area contributed by atoms with Crippen molar-refractivity contribution in [1.82, 2.24) is 19.4 Å². The molecule has 3 aromatic rings. The van der Waals surface area contributed by atoms with Gasteiger partial charge in [-0.1, -0.05) is 11.3 Å². The van der Waals surface area contributed by atoms with E-state index in [1.807, 2.05) is 41.4 Å². The average molecular weight is 373 g/mol. The molecule has 1 saturated heterocycles. The Hall–Kier alpha value is -2.52. The molecule has 4 heterocycles. The summed E-state index contributed by atoms with van der Waals surface area (Å²) in [7, 11) is 0. The Morgan fingerprint density at radius 1 is 1.20 bits per heavy atom. The van der Waals surface area contributed by atoms with Crippen LogP contribution < -0.4 is 4.90 Å². The summed E-state index contributed by atoms with van der Waals surface area (Å²) >= 11 is 2.77. The van der Waals surface area contributed by atoms with E-state index in [2.05, 4.69) is 9.97 Å². The third kappa shape index (κ3) is 2.96. The minimum atomic E-state index is -0.138. The lowest BCUT2D eigenvalue weighted by molar-refractivity contribution is -0.120. The number of rotatable bonds is 3. The number of carbonyl (C=O) groups excluding carboxylic acids is 2. The van der Waals surface area contributed by atoms with Gasteiger partial charge in [0.15, 0.2) is 10.3 Å². The Kier molecular flexibility index (Phi) is 4.10. The maximum absolute atomic E-state index is 12.8. The topological polar surface area (TPSA) is 71.3 Å². The number of nitrogens with zero attached hydrogens (tertiary/aromatic N) is 5. The zero-order valence-electron chi connectivity index (χ0n) is 13.5. The molecule has 1 aliphatic rings. The first-order chi connectivity index (χ1) is 12.1. The van der Waals surface area contributed by atoms with E-state index >= 15 is 0 Å². The van der Waals surface area contributed by atoms with Crippen LogP contribution >= 0.6 is 22.7 Å². The van der Waals surface area contributed by atoms with Gasteiger partial charge in [0.05, 0.1) is 5.69 Å². The molecule has 9 heteroatoms. The fourth-order valence-electron chi connectivity index (χ4n) is 2.69. The highest BCUT2D eigenvalue weighted by Crippen LogP contribution is 2.25. The molecule has 2 amide bonds. The fourth-order valence-corrected chi connectivity index (χ4v) is 4.38. The first-order valence-corrected chi connectivity index (χ1v) is 9.43. The van der Waals surface area contributed by atoms with Crippen LogP contribution in [0.5, 0.6) is 0 Å². The molecule has 0 aromatic carbocycles. The van der Waals surface area contributed by atoms with Crippen LogP contribution in [0.25, 0.3) is 5.13 Å². The molecule has 0 bridgehead atoms. The maximum Gasteiger partial charge on any atom is 0.266 e. The van der Waals surface area contributed by atoms with Crippen LogP contribution in [0.15, 0.2) is 36.1 Å². The number of hydrogen-bond acceptors (Lipinski definition) is 6. The molecule has 1 aliphatic heterocycles. The molecule has 25 heavy (non-hydrogen) atoms. The van der Waals surface area contributed by atoms with E-state index < -0.39 is 0 Å². The number of amides is 2. The number of piperazine rings is 1. The summed E-state index contributed by atoms with van der Waals surface area (Å²) in [6, 6.07) is 3.82. The zero-order chi connectivity index (χ0) is 17.4. The molecule has 0 saturated carbocycles. The van der Waals surface area contributed by atoms with Gasteiger partial charge in [-0.3, -0.25) is 14.5 Å². The Labute approximate surface area is 152 Å². The van der Waals surface area contributed by atoms with Crippen LogP contribution in [0.3, 0.4) is 0 Å². The normalized spacial score (nSPS) is 15.0. The van der Waals surface area contributed by atoms with Gasteiger partial charge in [-0.2, -0.15) is 0 Å². The van der Waals surface area contributed by atoms with Gasteiger partial charge in [-0.25, -0.2) is 9.97 Å². The van der Waals surface area contributed by atoms with Crippen LogP contribution in [-0.2, 0) is 4.79 Å². The monoisotopic (exact) mass is 373 g/mol. The van der Waals surface area contributed by atoms with E-state index in [4.69, 9.17) is 0 Å². The molecule has 0 N–H and O–H groups in total. The smallest absolute Gasteiger partial charge is 0.266 e. The summed E-state index contributed by atoms with van der Waals surface area (Å²) in [6.07, 6.45) is 5.46. The highest BCUT2D eigenvalue weighted by atomic mass is 32.1. The quantitative estimate of drug-likeness (QED) is 0.706. The molecule has 3 aromatic heterocycles. The van der Waals surface area contributed by atoms with Crippen molar-refractivity contribution >= 4 is 39.6 Å². The van der Waals surface area contributed by atoms with Crippen molar-refractivity contribution < 1.29 is 9.59 Å². The van der Waals surface area contributed by atoms with Gasteiger partial charge in [0.25, 0.3) is 5.91 Å². The Balaban J connectivity index is 1.52. The number of thiazole rings is 2. The molecule has 128 valence electrons. The van der Waals surface area contributed by atoms with E-state index in [0.717, 1.165) is 5.13 Å². The Morgan fingerprint density at radius 2 is 2.00 bits per heavy atom. The van der Waals surface area contributed by atoms with Gasteiger partial charge >= 0.3 is 0 Å². The Morgan fingerprint density at radius 3 is 2.68 bits per heavy atom. The van der Waals surface area contributed by atoms with Gasteiger partial charge in [0.1, 0.15) is 11.4 Å².